The van der Waals surface area contributed by atoms with Crippen molar-refractivity contribution in [3.8, 4) is 6.07 Å². The van der Waals surface area contributed by atoms with Crippen LogP contribution in [0.4, 0.5) is 0 Å². The summed E-state index contributed by atoms with van der Waals surface area (Å²) in [4.78, 5) is 14.2. The van der Waals surface area contributed by atoms with Crippen LogP contribution < -0.4 is 5.32 Å². The van der Waals surface area contributed by atoms with Gasteiger partial charge in [0.05, 0.1) is 0 Å². The fraction of sp³-hybridized carbons (Fsp3) is 0.667. The second-order valence-electron chi connectivity index (χ2n) is 7.12. The molecule has 1 aromatic heterocycles. The highest BCUT2D eigenvalue weighted by Crippen LogP contribution is 2.32. The van der Waals surface area contributed by atoms with Crippen molar-refractivity contribution in [3.05, 3.63) is 23.0 Å². The number of hydrogen-bond donors (Lipinski definition) is 1. The molecule has 2 heterocycles. The lowest BCUT2D eigenvalue weighted by Gasteiger charge is -2.37. The molecule has 2 fully saturated rings. The summed E-state index contributed by atoms with van der Waals surface area (Å²) < 4.78 is 1.94. The van der Waals surface area contributed by atoms with E-state index in [9.17, 15) is 4.79 Å². The molecule has 5 heteroatoms. The maximum atomic E-state index is 12.2. The maximum Gasteiger partial charge on any atom is 0.225 e. The lowest BCUT2D eigenvalue weighted by molar-refractivity contribution is -0.134. The topological polar surface area (TPSA) is 61.1 Å². The molecule has 1 aliphatic heterocycles. The molecular formula is C18H26N4O. The second-order valence-corrected chi connectivity index (χ2v) is 7.12. The number of piperidine rings is 1. The molecular weight excluding hydrogens is 288 g/mol. The number of likely N-dealkylation sites (tertiary alicyclic amines) is 1. The van der Waals surface area contributed by atoms with Gasteiger partial charge in [0.2, 0.25) is 5.91 Å². The van der Waals surface area contributed by atoms with Crippen molar-refractivity contribution in [2.45, 2.75) is 45.7 Å². The molecule has 1 N–H and O–H groups in total. The molecule has 5 nitrogen and oxygen atoms in total. The molecule has 0 unspecified atom stereocenters. The summed E-state index contributed by atoms with van der Waals surface area (Å²) in [5.74, 6) is 1.15. The van der Waals surface area contributed by atoms with Crippen LogP contribution in [0.15, 0.2) is 6.07 Å². The van der Waals surface area contributed by atoms with Crippen molar-refractivity contribution in [3.63, 3.8) is 0 Å². The minimum atomic E-state index is 0.322. The van der Waals surface area contributed by atoms with Gasteiger partial charge >= 0.3 is 0 Å². The molecule has 0 aromatic carbocycles. The van der Waals surface area contributed by atoms with Gasteiger partial charge in [0.25, 0.3) is 0 Å². The molecule has 124 valence electrons. The second kappa shape index (κ2) is 6.37. The number of nitrogens with zero attached hydrogens (tertiary/aromatic N) is 3. The molecule has 3 rings (SSSR count). The highest BCUT2D eigenvalue weighted by atomic mass is 16.2. The lowest BCUT2D eigenvalue weighted by Crippen LogP contribution is -2.50. The van der Waals surface area contributed by atoms with E-state index in [2.05, 4.69) is 30.1 Å². The van der Waals surface area contributed by atoms with Gasteiger partial charge in [-0.05, 0) is 43.7 Å². The zero-order valence-corrected chi connectivity index (χ0v) is 14.3. The van der Waals surface area contributed by atoms with Crippen molar-refractivity contribution < 1.29 is 4.79 Å². The Morgan fingerprint density at radius 1 is 1.43 bits per heavy atom. The first kappa shape index (κ1) is 16.1. The molecule has 0 bridgehead atoms. The van der Waals surface area contributed by atoms with Gasteiger partial charge in [0.1, 0.15) is 11.8 Å². The molecule has 0 radical (unpaired) electrons. The van der Waals surface area contributed by atoms with Gasteiger partial charge in [-0.1, -0.05) is 6.92 Å². The van der Waals surface area contributed by atoms with Crippen LogP contribution in [0, 0.1) is 30.1 Å². The Labute approximate surface area is 138 Å². The lowest BCUT2D eigenvalue weighted by atomic mass is 9.93. The largest absolute Gasteiger partial charge is 0.342 e. The predicted octanol–water partition coefficient (Wildman–Crippen LogP) is 1.94. The fourth-order valence-electron chi connectivity index (χ4n) is 3.53. The average molecular weight is 314 g/mol. The van der Waals surface area contributed by atoms with Gasteiger partial charge in [-0.3, -0.25) is 4.79 Å². The predicted molar refractivity (Wildman–Crippen MR) is 88.6 cm³/mol. The maximum absolute atomic E-state index is 12.2. The summed E-state index contributed by atoms with van der Waals surface area (Å²) in [6, 6.07) is 4.63. The van der Waals surface area contributed by atoms with Gasteiger partial charge in [0.15, 0.2) is 0 Å². The van der Waals surface area contributed by atoms with Crippen molar-refractivity contribution >= 4 is 5.91 Å². The van der Waals surface area contributed by atoms with Crippen LogP contribution in [0.5, 0.6) is 0 Å². The zero-order valence-electron chi connectivity index (χ0n) is 14.3. The first-order valence-corrected chi connectivity index (χ1v) is 8.58. The van der Waals surface area contributed by atoms with E-state index in [1.165, 1.54) is 5.56 Å². The quantitative estimate of drug-likeness (QED) is 0.924. The van der Waals surface area contributed by atoms with E-state index in [0.717, 1.165) is 44.6 Å². The molecule has 1 aliphatic carbocycles. The third-order valence-electron chi connectivity index (χ3n) is 5.45. The average Bonchev–Trinajstić information content (AvgIpc) is 3.35. The van der Waals surface area contributed by atoms with E-state index in [-0.39, 0.29) is 0 Å². The summed E-state index contributed by atoms with van der Waals surface area (Å²) in [6.45, 7) is 6.80. The molecule has 2 atom stereocenters. The Kier molecular flexibility index (Phi) is 4.45. The van der Waals surface area contributed by atoms with Crippen molar-refractivity contribution in [2.24, 2.45) is 18.9 Å². The third-order valence-corrected chi connectivity index (χ3v) is 5.45. The van der Waals surface area contributed by atoms with E-state index in [1.807, 2.05) is 17.7 Å². The number of aromatic nitrogens is 1. The van der Waals surface area contributed by atoms with Crippen LogP contribution in [0.3, 0.4) is 0 Å². The van der Waals surface area contributed by atoms with Crippen LogP contribution >= 0.6 is 0 Å². The van der Waals surface area contributed by atoms with Crippen LogP contribution in [-0.4, -0.2) is 34.5 Å². The summed E-state index contributed by atoms with van der Waals surface area (Å²) in [7, 11) is 1.93. The Bertz CT molecular complexity index is 638. The Hall–Kier alpha value is -1.80. The van der Waals surface area contributed by atoms with E-state index in [1.54, 1.807) is 0 Å². The number of amides is 1. The molecule has 1 saturated carbocycles. The van der Waals surface area contributed by atoms with Crippen molar-refractivity contribution in [1.82, 2.24) is 14.8 Å². The molecule has 2 aliphatic rings. The van der Waals surface area contributed by atoms with Gasteiger partial charge in [-0.25, -0.2) is 0 Å². The van der Waals surface area contributed by atoms with Gasteiger partial charge in [-0.15, -0.1) is 0 Å². The minimum Gasteiger partial charge on any atom is -0.342 e. The van der Waals surface area contributed by atoms with Gasteiger partial charge < -0.3 is 14.8 Å². The number of nitrogens with one attached hydrogen (secondary N) is 1. The molecule has 1 saturated heterocycles. The van der Waals surface area contributed by atoms with Crippen LogP contribution in [0.2, 0.25) is 0 Å². The summed E-state index contributed by atoms with van der Waals surface area (Å²) >= 11 is 0. The molecule has 1 aromatic rings. The highest BCUT2D eigenvalue weighted by molar-refractivity contribution is 5.81. The normalized spacial score (nSPS) is 24.5. The van der Waals surface area contributed by atoms with Crippen LogP contribution in [0.25, 0.3) is 0 Å². The number of rotatable bonds is 4. The van der Waals surface area contributed by atoms with E-state index in [0.29, 0.717) is 29.5 Å². The number of nitriles is 1. The standard InChI is InChI=1S/C18H26N4O/c1-12-11-22(18(23)14-4-5-14)7-6-17(12)20-10-15-8-16(9-19)21(3)13(15)2/h8,12,14,17,20H,4-7,10-11H2,1-3H3/t12-,17+/m1/s1. The van der Waals surface area contributed by atoms with Gasteiger partial charge in [-0.2, -0.15) is 5.26 Å². The molecule has 1 amide bonds. The summed E-state index contributed by atoms with van der Waals surface area (Å²) in [6.07, 6.45) is 3.18. The van der Waals surface area contributed by atoms with Crippen LogP contribution in [-0.2, 0) is 18.4 Å². The fourth-order valence-corrected chi connectivity index (χ4v) is 3.53. The number of carbonyl (C=O) groups excluding carboxylic acids is 1. The smallest absolute Gasteiger partial charge is 0.225 e. The first-order valence-electron chi connectivity index (χ1n) is 8.58. The third kappa shape index (κ3) is 3.28. The first-order chi connectivity index (χ1) is 11.0. The number of hydrogen-bond acceptors (Lipinski definition) is 3. The van der Waals surface area contributed by atoms with E-state index < -0.39 is 0 Å². The Balaban J connectivity index is 1.55. The summed E-state index contributed by atoms with van der Waals surface area (Å²) in [5, 5.41) is 12.8. The molecule has 23 heavy (non-hydrogen) atoms. The van der Waals surface area contributed by atoms with E-state index in [4.69, 9.17) is 5.26 Å². The molecule has 0 spiro atoms. The summed E-state index contributed by atoms with van der Waals surface area (Å²) in [5.41, 5.74) is 3.04. The van der Waals surface area contributed by atoms with Crippen molar-refractivity contribution in [2.75, 3.05) is 13.1 Å². The van der Waals surface area contributed by atoms with Crippen LogP contribution in [0.1, 0.15) is 43.1 Å². The zero-order chi connectivity index (χ0) is 16.6. The van der Waals surface area contributed by atoms with Gasteiger partial charge in [0, 0.05) is 44.3 Å². The minimum absolute atomic E-state index is 0.322. The van der Waals surface area contributed by atoms with Crippen molar-refractivity contribution in [1.29, 1.82) is 5.26 Å². The van der Waals surface area contributed by atoms with E-state index >= 15 is 0 Å². The SMILES string of the molecule is Cc1c(CN[C@H]2CCN(C(=O)C3CC3)C[C@H]2C)cc(C#N)n1C. The monoisotopic (exact) mass is 314 g/mol. The Morgan fingerprint density at radius 3 is 2.74 bits per heavy atom. The Morgan fingerprint density at radius 2 is 2.17 bits per heavy atom. The number of carbonyl (C=O) groups is 1. The highest BCUT2D eigenvalue weighted by Gasteiger charge is 2.36.